The zero-order valence-electron chi connectivity index (χ0n) is 11.1. The minimum Gasteiger partial charge on any atom is -0.388 e. The predicted molar refractivity (Wildman–Crippen MR) is 73.4 cm³/mol. The average molecular weight is 273 g/mol. The molecule has 0 spiro atoms. The normalized spacial score (nSPS) is 12.8. The highest BCUT2D eigenvalue weighted by molar-refractivity contribution is 7.16. The summed E-state index contributed by atoms with van der Waals surface area (Å²) in [6.45, 7) is 3.13. The van der Waals surface area contributed by atoms with Gasteiger partial charge in [0.25, 0.3) is 0 Å². The number of thiophene rings is 1. The molecule has 0 unspecified atom stereocenters. The van der Waals surface area contributed by atoms with Crippen molar-refractivity contribution in [2.45, 2.75) is 13.0 Å². The van der Waals surface area contributed by atoms with Crippen molar-refractivity contribution in [2.75, 3.05) is 39.1 Å². The van der Waals surface area contributed by atoms with E-state index in [4.69, 9.17) is 0 Å². The zero-order valence-corrected chi connectivity index (χ0v) is 11.9. The van der Waals surface area contributed by atoms with Crippen LogP contribution in [0.4, 0.5) is 10.7 Å². The summed E-state index contributed by atoms with van der Waals surface area (Å²) in [6, 6.07) is 1.46. The number of hydrogen-bond donors (Lipinski definition) is 1. The van der Waals surface area contributed by atoms with Crippen LogP contribution in [0.25, 0.3) is 0 Å². The molecule has 0 amide bonds. The van der Waals surface area contributed by atoms with Crippen LogP contribution in [0, 0.1) is 10.1 Å². The van der Waals surface area contributed by atoms with Crippen molar-refractivity contribution in [1.82, 2.24) is 4.90 Å². The van der Waals surface area contributed by atoms with E-state index < -0.39 is 11.0 Å². The second-order valence-corrected chi connectivity index (χ2v) is 5.56. The summed E-state index contributed by atoms with van der Waals surface area (Å²) in [5.74, 6) is 0. The standard InChI is InChI=1S/C11H19N3O3S/c1-8(15)10-7-9(14(16)17)11(18-10)13(4)6-5-12(2)3/h7-8,15H,5-6H2,1-4H3/t8-/m1/s1. The fourth-order valence-corrected chi connectivity index (χ4v) is 2.50. The van der Waals surface area contributed by atoms with Crippen LogP contribution < -0.4 is 4.90 Å². The average Bonchev–Trinajstić information content (AvgIpc) is 2.70. The SMILES string of the molecule is C[C@@H](O)c1cc([N+](=O)[O-])c(N(C)CCN(C)C)s1. The van der Waals surface area contributed by atoms with Crippen LogP contribution in [0.2, 0.25) is 0 Å². The van der Waals surface area contributed by atoms with Gasteiger partial charge in [-0.2, -0.15) is 0 Å². The molecule has 0 fully saturated rings. The molecule has 0 aliphatic carbocycles. The first-order valence-electron chi connectivity index (χ1n) is 5.65. The van der Waals surface area contributed by atoms with Crippen LogP contribution in [-0.4, -0.2) is 49.2 Å². The second-order valence-electron chi connectivity index (χ2n) is 4.50. The minimum atomic E-state index is -0.676. The van der Waals surface area contributed by atoms with E-state index in [2.05, 4.69) is 0 Å². The monoisotopic (exact) mass is 273 g/mol. The van der Waals surface area contributed by atoms with Crippen molar-refractivity contribution in [3.8, 4) is 0 Å². The van der Waals surface area contributed by atoms with Gasteiger partial charge in [-0.05, 0) is 21.0 Å². The van der Waals surface area contributed by atoms with Gasteiger partial charge in [0.05, 0.1) is 11.0 Å². The van der Waals surface area contributed by atoms with Crippen molar-refractivity contribution in [3.63, 3.8) is 0 Å². The molecule has 0 radical (unpaired) electrons. The molecule has 7 heteroatoms. The van der Waals surface area contributed by atoms with Crippen LogP contribution in [0.15, 0.2) is 6.07 Å². The van der Waals surface area contributed by atoms with E-state index in [1.54, 1.807) is 6.92 Å². The lowest BCUT2D eigenvalue weighted by Gasteiger charge is -2.19. The minimum absolute atomic E-state index is 0.0668. The molecule has 0 aliphatic heterocycles. The first-order chi connectivity index (χ1) is 8.32. The van der Waals surface area contributed by atoms with E-state index in [9.17, 15) is 15.2 Å². The van der Waals surface area contributed by atoms with Crippen molar-refractivity contribution in [1.29, 1.82) is 0 Å². The Morgan fingerprint density at radius 1 is 1.44 bits per heavy atom. The summed E-state index contributed by atoms with van der Waals surface area (Å²) in [5, 5.41) is 21.1. The predicted octanol–water partition coefficient (Wildman–Crippen LogP) is 1.71. The summed E-state index contributed by atoms with van der Waals surface area (Å²) >= 11 is 1.27. The summed E-state index contributed by atoms with van der Waals surface area (Å²) in [6.07, 6.45) is -0.676. The van der Waals surface area contributed by atoms with Gasteiger partial charge in [-0.1, -0.05) is 0 Å². The molecule has 6 nitrogen and oxygen atoms in total. The van der Waals surface area contributed by atoms with Gasteiger partial charge >= 0.3 is 5.69 Å². The number of nitrogens with zero attached hydrogens (tertiary/aromatic N) is 3. The van der Waals surface area contributed by atoms with Gasteiger partial charge < -0.3 is 14.9 Å². The first-order valence-corrected chi connectivity index (χ1v) is 6.46. The van der Waals surface area contributed by atoms with Crippen LogP contribution >= 0.6 is 11.3 Å². The van der Waals surface area contributed by atoms with Gasteiger partial charge in [0.15, 0.2) is 5.00 Å². The van der Waals surface area contributed by atoms with Crippen LogP contribution in [0.1, 0.15) is 17.9 Å². The van der Waals surface area contributed by atoms with Gasteiger partial charge in [0, 0.05) is 31.1 Å². The van der Waals surface area contributed by atoms with Gasteiger partial charge in [-0.25, -0.2) is 0 Å². The number of nitro groups is 1. The Hall–Kier alpha value is -1.18. The largest absolute Gasteiger partial charge is 0.388 e. The Bertz CT molecular complexity index is 418. The molecule has 0 bridgehead atoms. The Morgan fingerprint density at radius 3 is 2.50 bits per heavy atom. The summed E-state index contributed by atoms with van der Waals surface area (Å²) in [5.41, 5.74) is 0.0668. The molecule has 0 saturated carbocycles. The summed E-state index contributed by atoms with van der Waals surface area (Å²) in [4.78, 5) is 15.1. The first kappa shape index (κ1) is 14.9. The molecule has 0 aromatic carbocycles. The lowest BCUT2D eigenvalue weighted by atomic mass is 10.3. The molecule has 18 heavy (non-hydrogen) atoms. The Kier molecular flexibility index (Phi) is 5.06. The van der Waals surface area contributed by atoms with Crippen molar-refractivity contribution in [2.24, 2.45) is 0 Å². The molecule has 1 N–H and O–H groups in total. The molecular weight excluding hydrogens is 254 g/mol. The topological polar surface area (TPSA) is 69.8 Å². The van der Waals surface area contributed by atoms with Gasteiger partial charge in [-0.15, -0.1) is 11.3 Å². The molecule has 0 saturated heterocycles. The van der Waals surface area contributed by atoms with E-state index in [0.29, 0.717) is 16.4 Å². The van der Waals surface area contributed by atoms with Crippen LogP contribution in [0.3, 0.4) is 0 Å². The maximum Gasteiger partial charge on any atom is 0.304 e. The van der Waals surface area contributed by atoms with Gasteiger partial charge in [0.2, 0.25) is 0 Å². The number of hydrogen-bond acceptors (Lipinski definition) is 6. The fourth-order valence-electron chi connectivity index (χ4n) is 1.45. The summed E-state index contributed by atoms with van der Waals surface area (Å²) in [7, 11) is 5.74. The number of aliphatic hydroxyl groups excluding tert-OH is 1. The molecule has 1 aromatic heterocycles. The highest BCUT2D eigenvalue weighted by atomic mass is 32.1. The van der Waals surface area contributed by atoms with Crippen LogP contribution in [-0.2, 0) is 0 Å². The van der Waals surface area contributed by atoms with E-state index in [-0.39, 0.29) is 5.69 Å². The molecule has 1 atom stereocenters. The van der Waals surface area contributed by atoms with Crippen molar-refractivity contribution in [3.05, 3.63) is 21.1 Å². The van der Waals surface area contributed by atoms with E-state index >= 15 is 0 Å². The molecular formula is C11H19N3O3S. The summed E-state index contributed by atoms with van der Waals surface area (Å²) < 4.78 is 0. The van der Waals surface area contributed by atoms with E-state index in [1.165, 1.54) is 17.4 Å². The maximum atomic E-state index is 11.0. The highest BCUT2D eigenvalue weighted by Gasteiger charge is 2.23. The smallest absolute Gasteiger partial charge is 0.304 e. The molecule has 1 heterocycles. The fraction of sp³-hybridized carbons (Fsp3) is 0.636. The van der Waals surface area contributed by atoms with E-state index in [0.717, 1.165) is 6.54 Å². The van der Waals surface area contributed by atoms with Crippen molar-refractivity contribution >= 4 is 22.0 Å². The lowest BCUT2D eigenvalue weighted by molar-refractivity contribution is -0.383. The Balaban J connectivity index is 2.94. The third-order valence-corrected chi connectivity index (χ3v) is 3.96. The molecule has 1 rings (SSSR count). The highest BCUT2D eigenvalue weighted by Crippen LogP contribution is 2.39. The number of rotatable bonds is 6. The molecule has 1 aromatic rings. The van der Waals surface area contributed by atoms with Crippen molar-refractivity contribution < 1.29 is 10.0 Å². The molecule has 102 valence electrons. The maximum absolute atomic E-state index is 11.0. The number of anilines is 1. The Labute approximate surface area is 111 Å². The molecule has 0 aliphatic rings. The number of aliphatic hydroxyl groups is 1. The number of likely N-dealkylation sites (N-methyl/N-ethyl adjacent to an activating group) is 2. The Morgan fingerprint density at radius 2 is 2.06 bits per heavy atom. The zero-order chi connectivity index (χ0) is 13.9. The van der Waals surface area contributed by atoms with E-state index in [1.807, 2.05) is 30.9 Å². The van der Waals surface area contributed by atoms with Gasteiger partial charge in [0.1, 0.15) is 0 Å². The van der Waals surface area contributed by atoms with Crippen LogP contribution in [0.5, 0.6) is 0 Å². The quantitative estimate of drug-likeness (QED) is 0.631. The third-order valence-electron chi connectivity index (χ3n) is 2.55. The van der Waals surface area contributed by atoms with Gasteiger partial charge in [-0.3, -0.25) is 10.1 Å². The second kappa shape index (κ2) is 6.12. The lowest BCUT2D eigenvalue weighted by Crippen LogP contribution is -2.28. The third kappa shape index (κ3) is 3.66.